The van der Waals surface area contributed by atoms with Gasteiger partial charge in [0, 0.05) is 5.56 Å². The van der Waals surface area contributed by atoms with E-state index in [0.29, 0.717) is 34.3 Å². The van der Waals surface area contributed by atoms with Crippen LogP contribution in [0.4, 0.5) is 0 Å². The molecule has 0 aliphatic rings. The van der Waals surface area contributed by atoms with E-state index in [-0.39, 0.29) is 5.91 Å². The minimum atomic E-state index is -0.240. The van der Waals surface area contributed by atoms with Crippen LogP contribution in [0.3, 0.4) is 0 Å². The number of carbonyl (C=O) groups excluding carboxylic acids is 1. The molecule has 3 aromatic carbocycles. The van der Waals surface area contributed by atoms with Gasteiger partial charge in [0.05, 0.1) is 38.1 Å². The third-order valence-corrected chi connectivity index (χ3v) is 6.66. The second-order valence-electron chi connectivity index (χ2n) is 8.65. The topological polar surface area (TPSA) is 85.5 Å². The summed E-state index contributed by atoms with van der Waals surface area (Å²) in [6.07, 6.45) is 1.84. The Kier molecular flexibility index (Phi) is 7.01. The standard InChI is InChI=1S/C29H31N3O4/c1-16-17(2)19(4)26-25(18(16)3)31-28(32-26)22(30-29(33)21-11-9-8-10-12-21)13-20-14-23(34-5)27(36-7)24(15-20)35-6/h8-15H,1-7H3,(H,30,33)(H,31,32)/b22-13-. The number of hydrogen-bond donors (Lipinski definition) is 2. The summed E-state index contributed by atoms with van der Waals surface area (Å²) in [7, 11) is 4.70. The van der Waals surface area contributed by atoms with E-state index >= 15 is 0 Å². The Balaban J connectivity index is 1.90. The van der Waals surface area contributed by atoms with Gasteiger partial charge in [0.2, 0.25) is 5.75 Å². The molecule has 0 aliphatic heterocycles. The van der Waals surface area contributed by atoms with Crippen LogP contribution in [0.2, 0.25) is 0 Å². The monoisotopic (exact) mass is 485 g/mol. The summed E-state index contributed by atoms with van der Waals surface area (Å²) in [5.74, 6) is 1.83. The summed E-state index contributed by atoms with van der Waals surface area (Å²) in [4.78, 5) is 21.5. The third kappa shape index (κ3) is 4.52. The predicted octanol–water partition coefficient (Wildman–Crippen LogP) is 5.75. The number of rotatable bonds is 7. The first-order valence-corrected chi connectivity index (χ1v) is 11.6. The van der Waals surface area contributed by atoms with Gasteiger partial charge >= 0.3 is 0 Å². The molecule has 2 N–H and O–H groups in total. The van der Waals surface area contributed by atoms with Gasteiger partial charge in [-0.2, -0.15) is 0 Å². The van der Waals surface area contributed by atoms with Crippen molar-refractivity contribution in [3.05, 3.63) is 81.7 Å². The minimum absolute atomic E-state index is 0.240. The van der Waals surface area contributed by atoms with Crippen LogP contribution in [-0.2, 0) is 0 Å². The molecular weight excluding hydrogens is 454 g/mol. The quantitative estimate of drug-likeness (QED) is 0.348. The maximum absolute atomic E-state index is 13.2. The van der Waals surface area contributed by atoms with Gasteiger partial charge < -0.3 is 24.5 Å². The summed E-state index contributed by atoms with van der Waals surface area (Å²) in [6.45, 7) is 8.37. The van der Waals surface area contributed by atoms with Gasteiger partial charge in [0.15, 0.2) is 17.3 Å². The van der Waals surface area contributed by atoms with E-state index in [9.17, 15) is 4.79 Å². The fourth-order valence-corrected chi connectivity index (χ4v) is 4.27. The maximum atomic E-state index is 13.2. The molecule has 0 fully saturated rings. The molecule has 186 valence electrons. The van der Waals surface area contributed by atoms with E-state index in [1.807, 2.05) is 36.4 Å². The van der Waals surface area contributed by atoms with Gasteiger partial charge in [-0.15, -0.1) is 0 Å². The molecule has 0 saturated heterocycles. The van der Waals surface area contributed by atoms with Crippen LogP contribution in [0.5, 0.6) is 17.2 Å². The lowest BCUT2D eigenvalue weighted by Gasteiger charge is -2.14. The maximum Gasteiger partial charge on any atom is 0.255 e. The van der Waals surface area contributed by atoms with E-state index in [2.05, 4.69) is 38.0 Å². The predicted molar refractivity (Wildman–Crippen MR) is 143 cm³/mol. The Morgan fingerprint density at radius 3 is 2.06 bits per heavy atom. The number of nitrogens with one attached hydrogen (secondary N) is 2. The van der Waals surface area contributed by atoms with Crippen molar-refractivity contribution in [2.75, 3.05) is 21.3 Å². The van der Waals surface area contributed by atoms with Crippen LogP contribution in [0.1, 0.15) is 44.0 Å². The Labute approximate surface area is 211 Å². The molecule has 7 heteroatoms. The van der Waals surface area contributed by atoms with Crippen molar-refractivity contribution in [1.82, 2.24) is 15.3 Å². The summed E-state index contributed by atoms with van der Waals surface area (Å²) < 4.78 is 16.5. The number of imidazole rings is 1. The average molecular weight is 486 g/mol. The highest BCUT2D eigenvalue weighted by Crippen LogP contribution is 2.39. The van der Waals surface area contributed by atoms with Crippen LogP contribution in [0, 0.1) is 27.7 Å². The van der Waals surface area contributed by atoms with Crippen molar-refractivity contribution in [3.8, 4) is 17.2 Å². The van der Waals surface area contributed by atoms with Crippen molar-refractivity contribution in [1.29, 1.82) is 0 Å². The number of amides is 1. The Hall–Kier alpha value is -4.26. The number of hydrogen-bond acceptors (Lipinski definition) is 5. The molecule has 0 atom stereocenters. The van der Waals surface area contributed by atoms with E-state index in [1.54, 1.807) is 33.5 Å². The number of ether oxygens (including phenoxy) is 3. The van der Waals surface area contributed by atoms with Gasteiger partial charge in [-0.25, -0.2) is 4.98 Å². The zero-order valence-electron chi connectivity index (χ0n) is 21.7. The zero-order chi connectivity index (χ0) is 26.0. The lowest BCUT2D eigenvalue weighted by Crippen LogP contribution is -2.22. The largest absolute Gasteiger partial charge is 0.493 e. The first-order valence-electron chi connectivity index (χ1n) is 11.6. The summed E-state index contributed by atoms with van der Waals surface area (Å²) in [5.41, 5.74) is 8.32. The van der Waals surface area contributed by atoms with E-state index in [0.717, 1.165) is 27.7 Å². The molecular formula is C29H31N3O4. The molecule has 1 amide bonds. The van der Waals surface area contributed by atoms with Crippen LogP contribution in [-0.4, -0.2) is 37.2 Å². The van der Waals surface area contributed by atoms with Gasteiger partial charge in [-0.1, -0.05) is 18.2 Å². The molecule has 1 aromatic heterocycles. The number of carbonyl (C=O) groups is 1. The van der Waals surface area contributed by atoms with Crippen molar-refractivity contribution in [3.63, 3.8) is 0 Å². The second kappa shape index (κ2) is 10.2. The molecule has 7 nitrogen and oxygen atoms in total. The first-order chi connectivity index (χ1) is 17.3. The average Bonchev–Trinajstić information content (AvgIpc) is 3.36. The molecule has 36 heavy (non-hydrogen) atoms. The molecule has 0 aliphatic carbocycles. The van der Waals surface area contributed by atoms with Crippen LogP contribution in [0.15, 0.2) is 42.5 Å². The van der Waals surface area contributed by atoms with Crippen molar-refractivity contribution < 1.29 is 19.0 Å². The molecule has 4 rings (SSSR count). The number of nitrogens with zero attached hydrogens (tertiary/aromatic N) is 1. The Bertz CT molecular complexity index is 1400. The molecule has 0 radical (unpaired) electrons. The number of fused-ring (bicyclic) bond motifs is 1. The third-order valence-electron chi connectivity index (χ3n) is 6.66. The van der Waals surface area contributed by atoms with Crippen molar-refractivity contribution in [2.24, 2.45) is 0 Å². The van der Waals surface area contributed by atoms with Crippen LogP contribution >= 0.6 is 0 Å². The molecule has 0 spiro atoms. The highest BCUT2D eigenvalue weighted by atomic mass is 16.5. The molecule has 4 aromatic rings. The second-order valence-corrected chi connectivity index (χ2v) is 8.65. The van der Waals surface area contributed by atoms with Crippen LogP contribution < -0.4 is 19.5 Å². The van der Waals surface area contributed by atoms with E-state index < -0.39 is 0 Å². The van der Waals surface area contributed by atoms with Gasteiger partial charge in [-0.3, -0.25) is 4.79 Å². The number of benzene rings is 3. The van der Waals surface area contributed by atoms with Gasteiger partial charge in [-0.05, 0) is 85.9 Å². The van der Waals surface area contributed by atoms with Crippen molar-refractivity contribution in [2.45, 2.75) is 27.7 Å². The normalized spacial score (nSPS) is 11.5. The highest BCUT2D eigenvalue weighted by Gasteiger charge is 2.19. The number of aromatic nitrogens is 2. The first kappa shape index (κ1) is 24.9. The lowest BCUT2D eigenvalue weighted by molar-refractivity contribution is 0.0973. The van der Waals surface area contributed by atoms with E-state index in [1.165, 1.54) is 11.1 Å². The molecule has 1 heterocycles. The Morgan fingerprint density at radius 2 is 1.47 bits per heavy atom. The summed E-state index contributed by atoms with van der Waals surface area (Å²) >= 11 is 0. The number of aromatic amines is 1. The fourth-order valence-electron chi connectivity index (χ4n) is 4.27. The van der Waals surface area contributed by atoms with E-state index in [4.69, 9.17) is 19.2 Å². The molecule has 0 saturated carbocycles. The fraction of sp³-hybridized carbons (Fsp3) is 0.241. The zero-order valence-corrected chi connectivity index (χ0v) is 21.7. The summed E-state index contributed by atoms with van der Waals surface area (Å²) in [6, 6.07) is 12.7. The lowest BCUT2D eigenvalue weighted by atomic mass is 9.98. The van der Waals surface area contributed by atoms with Gasteiger partial charge in [0.1, 0.15) is 0 Å². The number of H-pyrrole nitrogens is 1. The van der Waals surface area contributed by atoms with Crippen molar-refractivity contribution >= 4 is 28.7 Å². The van der Waals surface area contributed by atoms with Gasteiger partial charge in [0.25, 0.3) is 5.91 Å². The SMILES string of the molecule is COc1cc(/C=C(\NC(=O)c2ccccc2)c2nc3c(C)c(C)c(C)c(C)c3[nH]2)cc(OC)c1OC. The molecule has 0 bridgehead atoms. The Morgan fingerprint density at radius 1 is 0.861 bits per heavy atom. The minimum Gasteiger partial charge on any atom is -0.493 e. The molecule has 0 unspecified atom stereocenters. The number of methoxy groups -OCH3 is 3. The van der Waals surface area contributed by atoms with Crippen LogP contribution in [0.25, 0.3) is 22.8 Å². The summed E-state index contributed by atoms with van der Waals surface area (Å²) in [5, 5.41) is 3.05. The number of aryl methyl sites for hydroxylation is 2. The highest BCUT2D eigenvalue weighted by molar-refractivity contribution is 6.02. The smallest absolute Gasteiger partial charge is 0.255 e.